The summed E-state index contributed by atoms with van der Waals surface area (Å²) >= 11 is 0. The van der Waals surface area contributed by atoms with Crippen LogP contribution in [0, 0.1) is 5.92 Å². The number of nitrogens with zero attached hydrogens (tertiary/aromatic N) is 2. The van der Waals surface area contributed by atoms with Gasteiger partial charge in [-0.15, -0.1) is 0 Å². The van der Waals surface area contributed by atoms with Crippen molar-refractivity contribution < 1.29 is 4.79 Å². The number of carbonyl (C=O) groups excluding carboxylic acids is 1. The van der Waals surface area contributed by atoms with Gasteiger partial charge in [-0.05, 0) is 38.8 Å². The van der Waals surface area contributed by atoms with Gasteiger partial charge in [-0.1, -0.05) is 0 Å². The van der Waals surface area contributed by atoms with Gasteiger partial charge >= 0.3 is 0 Å². The van der Waals surface area contributed by atoms with Gasteiger partial charge in [0.05, 0.1) is 0 Å². The van der Waals surface area contributed by atoms with E-state index in [2.05, 4.69) is 17.3 Å². The Morgan fingerprint density at radius 1 is 1.29 bits per heavy atom. The molecule has 2 aliphatic rings. The number of piperidine rings is 1. The van der Waals surface area contributed by atoms with Crippen molar-refractivity contribution in [3.8, 4) is 0 Å². The molecule has 0 aromatic rings. The van der Waals surface area contributed by atoms with Crippen LogP contribution in [0.1, 0.15) is 25.7 Å². The second-order valence-corrected chi connectivity index (χ2v) is 5.44. The van der Waals surface area contributed by atoms with Gasteiger partial charge in [0.25, 0.3) is 0 Å². The molecule has 0 aromatic carbocycles. The summed E-state index contributed by atoms with van der Waals surface area (Å²) in [5, 5.41) is 3.28. The Bertz CT molecular complexity index is 251. The fourth-order valence-corrected chi connectivity index (χ4v) is 2.91. The van der Waals surface area contributed by atoms with E-state index >= 15 is 0 Å². The van der Waals surface area contributed by atoms with Crippen LogP contribution < -0.4 is 5.32 Å². The number of rotatable bonds is 3. The van der Waals surface area contributed by atoms with Crippen molar-refractivity contribution >= 4 is 5.91 Å². The molecule has 17 heavy (non-hydrogen) atoms. The lowest BCUT2D eigenvalue weighted by molar-refractivity contribution is -0.132. The molecule has 0 saturated carbocycles. The molecule has 0 radical (unpaired) electrons. The molecular formula is C13H25N3O. The first-order chi connectivity index (χ1) is 8.25. The standard InChI is InChI=1S/C13H25N3O/c1-15-8-2-3-12(11-15)4-5-13(17)16-9-6-14-7-10-16/h12,14H,2-11H2,1H3. The van der Waals surface area contributed by atoms with E-state index in [9.17, 15) is 4.79 Å². The average Bonchev–Trinajstić information content (AvgIpc) is 2.37. The summed E-state index contributed by atoms with van der Waals surface area (Å²) in [6, 6.07) is 0. The third kappa shape index (κ3) is 3.96. The third-order valence-electron chi connectivity index (χ3n) is 3.96. The molecule has 1 N–H and O–H groups in total. The van der Waals surface area contributed by atoms with Crippen molar-refractivity contribution in [1.82, 2.24) is 15.1 Å². The lowest BCUT2D eigenvalue weighted by Gasteiger charge is -2.31. The minimum atomic E-state index is 0.361. The Morgan fingerprint density at radius 2 is 2.06 bits per heavy atom. The Balaban J connectivity index is 1.68. The minimum absolute atomic E-state index is 0.361. The second kappa shape index (κ2) is 6.36. The van der Waals surface area contributed by atoms with Gasteiger partial charge in [0.15, 0.2) is 0 Å². The van der Waals surface area contributed by atoms with Crippen LogP contribution in [-0.2, 0) is 4.79 Å². The predicted molar refractivity (Wildman–Crippen MR) is 68.9 cm³/mol. The highest BCUT2D eigenvalue weighted by molar-refractivity contribution is 5.76. The molecule has 2 rings (SSSR count). The van der Waals surface area contributed by atoms with Gasteiger partial charge in [0, 0.05) is 39.1 Å². The third-order valence-corrected chi connectivity index (χ3v) is 3.96. The molecule has 4 heteroatoms. The van der Waals surface area contributed by atoms with Crippen LogP contribution in [0.2, 0.25) is 0 Å². The van der Waals surface area contributed by atoms with Crippen molar-refractivity contribution in [3.05, 3.63) is 0 Å². The zero-order chi connectivity index (χ0) is 12.1. The molecule has 0 bridgehead atoms. The molecule has 98 valence electrons. The lowest BCUT2D eigenvalue weighted by atomic mass is 9.93. The minimum Gasteiger partial charge on any atom is -0.340 e. The van der Waals surface area contributed by atoms with E-state index < -0.39 is 0 Å². The number of hydrogen-bond donors (Lipinski definition) is 1. The summed E-state index contributed by atoms with van der Waals surface area (Å²) in [6.45, 7) is 6.10. The van der Waals surface area contributed by atoms with E-state index in [1.54, 1.807) is 0 Å². The quantitative estimate of drug-likeness (QED) is 0.781. The normalized spacial score (nSPS) is 27.1. The molecule has 4 nitrogen and oxygen atoms in total. The van der Waals surface area contributed by atoms with Crippen LogP contribution in [0.4, 0.5) is 0 Å². The van der Waals surface area contributed by atoms with Crippen LogP contribution >= 0.6 is 0 Å². The molecule has 1 unspecified atom stereocenters. The van der Waals surface area contributed by atoms with Crippen LogP contribution in [0.15, 0.2) is 0 Å². The molecule has 0 aromatic heterocycles. The van der Waals surface area contributed by atoms with Crippen molar-refractivity contribution in [2.45, 2.75) is 25.7 Å². The van der Waals surface area contributed by atoms with Crippen molar-refractivity contribution in [2.75, 3.05) is 46.3 Å². The van der Waals surface area contributed by atoms with Gasteiger partial charge in [0.1, 0.15) is 0 Å². The Hall–Kier alpha value is -0.610. The Labute approximate surface area is 104 Å². The van der Waals surface area contributed by atoms with Crippen molar-refractivity contribution in [1.29, 1.82) is 0 Å². The number of nitrogens with one attached hydrogen (secondary N) is 1. The molecule has 2 aliphatic heterocycles. The van der Waals surface area contributed by atoms with Gasteiger partial charge < -0.3 is 15.1 Å². The van der Waals surface area contributed by atoms with Crippen LogP contribution in [0.5, 0.6) is 0 Å². The fourth-order valence-electron chi connectivity index (χ4n) is 2.91. The van der Waals surface area contributed by atoms with Crippen LogP contribution in [0.25, 0.3) is 0 Å². The highest BCUT2D eigenvalue weighted by Gasteiger charge is 2.20. The van der Waals surface area contributed by atoms with E-state index in [1.807, 2.05) is 4.90 Å². The molecule has 0 aliphatic carbocycles. The smallest absolute Gasteiger partial charge is 0.222 e. The number of piperazine rings is 1. The molecule has 1 amide bonds. The van der Waals surface area contributed by atoms with Crippen LogP contribution in [-0.4, -0.2) is 62.0 Å². The maximum absolute atomic E-state index is 12.0. The van der Waals surface area contributed by atoms with E-state index in [-0.39, 0.29) is 0 Å². The number of carbonyl (C=O) groups is 1. The lowest BCUT2D eigenvalue weighted by Crippen LogP contribution is -2.46. The molecule has 1 atom stereocenters. The summed E-state index contributed by atoms with van der Waals surface area (Å²) in [6.07, 6.45) is 4.42. The maximum Gasteiger partial charge on any atom is 0.222 e. The highest BCUT2D eigenvalue weighted by Crippen LogP contribution is 2.20. The van der Waals surface area contributed by atoms with E-state index in [4.69, 9.17) is 0 Å². The first kappa shape index (κ1) is 12.8. The summed E-state index contributed by atoms with van der Waals surface area (Å²) in [4.78, 5) is 16.4. The average molecular weight is 239 g/mol. The number of hydrogen-bond acceptors (Lipinski definition) is 3. The summed E-state index contributed by atoms with van der Waals surface area (Å²) in [5.41, 5.74) is 0. The highest BCUT2D eigenvalue weighted by atomic mass is 16.2. The van der Waals surface area contributed by atoms with E-state index in [0.29, 0.717) is 5.91 Å². The van der Waals surface area contributed by atoms with Gasteiger partial charge in [-0.2, -0.15) is 0 Å². The second-order valence-electron chi connectivity index (χ2n) is 5.44. The largest absolute Gasteiger partial charge is 0.340 e. The zero-order valence-electron chi connectivity index (χ0n) is 11.0. The van der Waals surface area contributed by atoms with Crippen molar-refractivity contribution in [2.24, 2.45) is 5.92 Å². The number of likely N-dealkylation sites (tertiary alicyclic amines) is 1. The Kier molecular flexibility index (Phi) is 4.80. The summed E-state index contributed by atoms with van der Waals surface area (Å²) in [7, 11) is 2.18. The molecular weight excluding hydrogens is 214 g/mol. The summed E-state index contributed by atoms with van der Waals surface area (Å²) < 4.78 is 0. The van der Waals surface area contributed by atoms with Gasteiger partial charge in [-0.25, -0.2) is 0 Å². The van der Waals surface area contributed by atoms with Gasteiger partial charge in [-0.3, -0.25) is 4.79 Å². The molecule has 2 fully saturated rings. The number of amides is 1. The van der Waals surface area contributed by atoms with Crippen LogP contribution in [0.3, 0.4) is 0 Å². The summed E-state index contributed by atoms with van der Waals surface area (Å²) in [5.74, 6) is 1.10. The molecule has 2 saturated heterocycles. The fraction of sp³-hybridized carbons (Fsp3) is 0.923. The molecule has 2 heterocycles. The van der Waals surface area contributed by atoms with E-state index in [0.717, 1.165) is 44.9 Å². The first-order valence-electron chi connectivity index (χ1n) is 6.93. The SMILES string of the molecule is CN1CCCC(CCC(=O)N2CCNCC2)C1. The zero-order valence-corrected chi connectivity index (χ0v) is 11.0. The first-order valence-corrected chi connectivity index (χ1v) is 6.93. The monoisotopic (exact) mass is 239 g/mol. The van der Waals surface area contributed by atoms with Gasteiger partial charge in [0.2, 0.25) is 5.91 Å². The topological polar surface area (TPSA) is 35.6 Å². The Morgan fingerprint density at radius 3 is 2.76 bits per heavy atom. The molecule has 0 spiro atoms. The predicted octanol–water partition coefficient (Wildman–Crippen LogP) is 0.540. The van der Waals surface area contributed by atoms with Crippen molar-refractivity contribution in [3.63, 3.8) is 0 Å². The van der Waals surface area contributed by atoms with E-state index in [1.165, 1.54) is 25.9 Å². The maximum atomic E-state index is 12.0.